The van der Waals surface area contributed by atoms with Crippen LogP contribution in [-0.2, 0) is 4.79 Å². The molecule has 1 aromatic carbocycles. The van der Waals surface area contributed by atoms with Crippen LogP contribution in [0.3, 0.4) is 0 Å². The Morgan fingerprint density at radius 3 is 2.86 bits per heavy atom. The van der Waals surface area contributed by atoms with E-state index in [2.05, 4.69) is 38.9 Å². The normalized spacial score (nSPS) is 15.2. The lowest BCUT2D eigenvalue weighted by atomic mass is 10.0. The van der Waals surface area contributed by atoms with Crippen molar-refractivity contribution in [3.8, 4) is 40.0 Å². The molecule has 1 aliphatic rings. The Labute approximate surface area is 211 Å². The standard InChI is InChI=1S/C29H29N5O2/c1-33(2)17-8-13-26(35)34-18-7-11-22(34)20-36-25-19-30-16-14-23(25)28-27(21-9-4-3-5-10-21)29-24(32-28)12-6-15-31-29/h3-6,9-10,12,14-16,19,22,32H,7,11,17-18,20H2,1-2H3/t22-/m0/s1. The van der Waals surface area contributed by atoms with E-state index in [-0.39, 0.29) is 11.9 Å². The third-order valence-electron chi connectivity index (χ3n) is 6.33. The van der Waals surface area contributed by atoms with Gasteiger partial charge < -0.3 is 14.6 Å². The highest BCUT2D eigenvalue weighted by molar-refractivity contribution is 6.02. The highest BCUT2D eigenvalue weighted by Gasteiger charge is 2.29. The van der Waals surface area contributed by atoms with Crippen molar-refractivity contribution in [2.24, 2.45) is 0 Å². The molecule has 1 N–H and O–H groups in total. The molecule has 1 atom stereocenters. The summed E-state index contributed by atoms with van der Waals surface area (Å²) in [6.07, 6.45) is 7.15. The molecule has 0 radical (unpaired) electrons. The molecule has 0 saturated carbocycles. The van der Waals surface area contributed by atoms with Crippen molar-refractivity contribution >= 4 is 16.9 Å². The number of H-pyrrole nitrogens is 1. The van der Waals surface area contributed by atoms with Gasteiger partial charge in [-0.25, -0.2) is 0 Å². The van der Waals surface area contributed by atoms with Crippen molar-refractivity contribution in [2.75, 3.05) is 33.8 Å². The number of nitrogens with zero attached hydrogens (tertiary/aromatic N) is 4. The van der Waals surface area contributed by atoms with Gasteiger partial charge in [0.25, 0.3) is 5.91 Å². The maximum atomic E-state index is 12.7. The summed E-state index contributed by atoms with van der Waals surface area (Å²) < 4.78 is 6.33. The number of likely N-dealkylation sites (tertiary alicyclic amines) is 1. The number of hydrogen-bond donors (Lipinski definition) is 1. The summed E-state index contributed by atoms with van der Waals surface area (Å²) in [7, 11) is 3.87. The van der Waals surface area contributed by atoms with E-state index in [9.17, 15) is 4.79 Å². The molecule has 36 heavy (non-hydrogen) atoms. The summed E-state index contributed by atoms with van der Waals surface area (Å²) in [6, 6.07) is 16.1. The van der Waals surface area contributed by atoms with Crippen LogP contribution >= 0.6 is 0 Å². The number of aromatic nitrogens is 3. The molecular weight excluding hydrogens is 450 g/mol. The maximum Gasteiger partial charge on any atom is 0.298 e. The van der Waals surface area contributed by atoms with E-state index in [0.29, 0.717) is 25.4 Å². The first-order valence-corrected chi connectivity index (χ1v) is 12.2. The predicted molar refractivity (Wildman–Crippen MR) is 141 cm³/mol. The average Bonchev–Trinajstić information content (AvgIpc) is 3.53. The number of fused-ring (bicyclic) bond motifs is 1. The van der Waals surface area contributed by atoms with Crippen molar-refractivity contribution in [1.82, 2.24) is 24.8 Å². The van der Waals surface area contributed by atoms with Crippen LogP contribution in [0.5, 0.6) is 5.75 Å². The van der Waals surface area contributed by atoms with Gasteiger partial charge in [0.05, 0.1) is 35.5 Å². The molecule has 5 rings (SSSR count). The number of carbonyl (C=O) groups excluding carboxylic acids is 1. The molecule has 0 spiro atoms. The van der Waals surface area contributed by atoms with Gasteiger partial charge in [-0.15, -0.1) is 0 Å². The Morgan fingerprint density at radius 2 is 2.03 bits per heavy atom. The van der Waals surface area contributed by atoms with E-state index in [4.69, 9.17) is 4.74 Å². The quantitative estimate of drug-likeness (QED) is 0.419. The number of carbonyl (C=O) groups is 1. The Morgan fingerprint density at radius 1 is 1.17 bits per heavy atom. The Hall–Kier alpha value is -4.15. The van der Waals surface area contributed by atoms with Crippen molar-refractivity contribution in [1.29, 1.82) is 0 Å². The second-order valence-corrected chi connectivity index (χ2v) is 9.16. The number of aromatic amines is 1. The van der Waals surface area contributed by atoms with E-state index in [1.807, 2.05) is 66.5 Å². The smallest absolute Gasteiger partial charge is 0.298 e. The fraction of sp³-hybridized carbons (Fsp3) is 0.276. The lowest BCUT2D eigenvalue weighted by molar-refractivity contribution is -0.126. The van der Waals surface area contributed by atoms with Crippen LogP contribution in [0.2, 0.25) is 0 Å². The average molecular weight is 480 g/mol. The summed E-state index contributed by atoms with van der Waals surface area (Å²) >= 11 is 0. The van der Waals surface area contributed by atoms with E-state index < -0.39 is 0 Å². The van der Waals surface area contributed by atoms with Crippen molar-refractivity contribution < 1.29 is 9.53 Å². The van der Waals surface area contributed by atoms with Crippen LogP contribution in [0.25, 0.3) is 33.4 Å². The fourth-order valence-electron chi connectivity index (χ4n) is 4.62. The second kappa shape index (κ2) is 10.6. The largest absolute Gasteiger partial charge is 0.489 e. The Kier molecular flexibility index (Phi) is 6.96. The van der Waals surface area contributed by atoms with Gasteiger partial charge in [0, 0.05) is 30.1 Å². The lowest BCUT2D eigenvalue weighted by Crippen LogP contribution is -2.38. The predicted octanol–water partition coefficient (Wildman–Crippen LogP) is 4.23. The number of amides is 1. The SMILES string of the molecule is CN(C)CC#CC(=O)N1CCC[C@H]1COc1cnccc1-c1[nH]c2cccnc2c1-c1ccccc1. The molecule has 4 aromatic rings. The highest BCUT2D eigenvalue weighted by Crippen LogP contribution is 2.40. The van der Waals surface area contributed by atoms with Gasteiger partial charge in [0.1, 0.15) is 12.4 Å². The van der Waals surface area contributed by atoms with Gasteiger partial charge in [-0.2, -0.15) is 0 Å². The Bertz CT molecular complexity index is 1420. The first-order chi connectivity index (χ1) is 17.6. The van der Waals surface area contributed by atoms with Gasteiger partial charge in [-0.1, -0.05) is 36.3 Å². The monoisotopic (exact) mass is 479 g/mol. The lowest BCUT2D eigenvalue weighted by Gasteiger charge is -2.23. The van der Waals surface area contributed by atoms with E-state index in [1.54, 1.807) is 12.4 Å². The maximum absolute atomic E-state index is 12.7. The topological polar surface area (TPSA) is 74.3 Å². The number of pyridine rings is 2. The van der Waals surface area contributed by atoms with Crippen molar-refractivity contribution in [2.45, 2.75) is 18.9 Å². The molecule has 1 aliphatic heterocycles. The van der Waals surface area contributed by atoms with Gasteiger partial charge in [0.2, 0.25) is 0 Å². The van der Waals surface area contributed by atoms with Crippen LogP contribution < -0.4 is 4.74 Å². The van der Waals surface area contributed by atoms with Crippen LogP contribution in [0.15, 0.2) is 67.1 Å². The molecule has 7 nitrogen and oxygen atoms in total. The molecule has 182 valence electrons. The number of benzene rings is 1. The van der Waals surface area contributed by atoms with E-state index in [1.165, 1.54) is 0 Å². The molecule has 1 amide bonds. The van der Waals surface area contributed by atoms with Gasteiger partial charge in [-0.3, -0.25) is 19.7 Å². The number of hydrogen-bond acceptors (Lipinski definition) is 5. The summed E-state index contributed by atoms with van der Waals surface area (Å²) in [6.45, 7) is 1.65. The molecule has 3 aromatic heterocycles. The van der Waals surface area contributed by atoms with E-state index in [0.717, 1.165) is 46.3 Å². The zero-order valence-electron chi connectivity index (χ0n) is 20.6. The molecule has 4 heterocycles. The third-order valence-corrected chi connectivity index (χ3v) is 6.33. The minimum absolute atomic E-state index is 0.0165. The molecule has 0 aliphatic carbocycles. The Balaban J connectivity index is 1.43. The van der Waals surface area contributed by atoms with Gasteiger partial charge in [0.15, 0.2) is 0 Å². The number of ether oxygens (including phenoxy) is 1. The minimum Gasteiger partial charge on any atom is -0.489 e. The minimum atomic E-state index is -0.137. The fourth-order valence-corrected chi connectivity index (χ4v) is 4.62. The van der Waals surface area contributed by atoms with Crippen molar-refractivity contribution in [3.63, 3.8) is 0 Å². The van der Waals surface area contributed by atoms with Crippen LogP contribution in [0, 0.1) is 11.8 Å². The second-order valence-electron chi connectivity index (χ2n) is 9.16. The highest BCUT2D eigenvalue weighted by atomic mass is 16.5. The van der Waals surface area contributed by atoms with Gasteiger partial charge >= 0.3 is 0 Å². The first kappa shape index (κ1) is 23.6. The molecule has 1 fully saturated rings. The zero-order valence-corrected chi connectivity index (χ0v) is 20.6. The molecule has 0 unspecified atom stereocenters. The van der Waals surface area contributed by atoms with Crippen LogP contribution in [0.4, 0.5) is 0 Å². The number of nitrogens with one attached hydrogen (secondary N) is 1. The summed E-state index contributed by atoms with van der Waals surface area (Å²) in [5, 5.41) is 0. The van der Waals surface area contributed by atoms with Crippen molar-refractivity contribution in [3.05, 3.63) is 67.1 Å². The third kappa shape index (κ3) is 4.95. The summed E-state index contributed by atoms with van der Waals surface area (Å²) in [5.41, 5.74) is 5.80. The number of rotatable bonds is 6. The summed E-state index contributed by atoms with van der Waals surface area (Å²) in [5.74, 6) is 6.25. The van der Waals surface area contributed by atoms with E-state index >= 15 is 0 Å². The van der Waals surface area contributed by atoms with Gasteiger partial charge in [-0.05, 0) is 56.6 Å². The molecule has 0 bridgehead atoms. The molecule has 7 heteroatoms. The molecular formula is C29H29N5O2. The van der Waals surface area contributed by atoms with Crippen LogP contribution in [0.1, 0.15) is 12.8 Å². The zero-order chi connectivity index (χ0) is 24.9. The first-order valence-electron chi connectivity index (χ1n) is 12.2. The summed E-state index contributed by atoms with van der Waals surface area (Å²) in [4.78, 5) is 29.0. The van der Waals surface area contributed by atoms with Crippen LogP contribution in [-0.4, -0.2) is 70.5 Å². The molecule has 1 saturated heterocycles.